The minimum atomic E-state index is -0.0316. The predicted molar refractivity (Wildman–Crippen MR) is 202 cm³/mol. The van der Waals surface area contributed by atoms with Gasteiger partial charge in [0, 0.05) is 55.9 Å². The van der Waals surface area contributed by atoms with Crippen molar-refractivity contribution in [2.45, 2.75) is 44.3 Å². The largest absolute Gasteiger partial charge is 0.493 e. The van der Waals surface area contributed by atoms with E-state index in [2.05, 4.69) is 89.5 Å². The molecule has 0 aromatic heterocycles. The molecule has 9 heteroatoms. The Labute approximate surface area is 307 Å². The summed E-state index contributed by atoms with van der Waals surface area (Å²) in [6.07, 6.45) is 7.81. The molecule has 5 aliphatic heterocycles. The van der Waals surface area contributed by atoms with Gasteiger partial charge in [-0.3, -0.25) is 14.7 Å². The molecule has 0 N–H and O–H groups in total. The molecule has 0 radical (unpaired) electrons. The van der Waals surface area contributed by atoms with Gasteiger partial charge in [0.05, 0.1) is 28.4 Å². The van der Waals surface area contributed by atoms with Gasteiger partial charge in [0.1, 0.15) is 5.75 Å². The molecule has 0 saturated carbocycles. The Morgan fingerprint density at radius 2 is 1.35 bits per heavy atom. The third-order valence-electron chi connectivity index (χ3n) is 11.4. The second-order valence-corrected chi connectivity index (χ2v) is 14.4. The number of ether oxygens (including phenoxy) is 6. The predicted octanol–water partition coefficient (Wildman–Crippen LogP) is 7.53. The average Bonchev–Trinajstić information content (AvgIpc) is 3.68. The van der Waals surface area contributed by atoms with Crippen LogP contribution >= 0.6 is 0 Å². The maximum atomic E-state index is 7.23. The van der Waals surface area contributed by atoms with Crippen molar-refractivity contribution >= 4 is 0 Å². The Kier molecular flexibility index (Phi) is 9.51. The summed E-state index contributed by atoms with van der Waals surface area (Å²) < 4.78 is 38.2. The maximum absolute atomic E-state index is 7.23. The highest BCUT2D eigenvalue weighted by Gasteiger charge is 2.37. The number of likely N-dealkylation sites (N-methyl/N-ethyl adjacent to an activating group) is 2. The highest BCUT2D eigenvalue weighted by Crippen LogP contribution is 2.54. The topological polar surface area (TPSA) is 65.1 Å². The van der Waals surface area contributed by atoms with Crippen molar-refractivity contribution in [1.82, 2.24) is 14.7 Å². The lowest BCUT2D eigenvalue weighted by Gasteiger charge is -2.39. The molecule has 2 unspecified atom stereocenters. The van der Waals surface area contributed by atoms with Crippen LogP contribution in [-0.2, 0) is 32.2 Å². The molecule has 272 valence electrons. The van der Waals surface area contributed by atoms with E-state index < -0.39 is 0 Å². The van der Waals surface area contributed by atoms with E-state index in [1.54, 1.807) is 28.4 Å². The SMILES string of the molecule is COc1ccc2cc1Oc1ccc(cc1)CC1c3cc(c(OC)cc3CCN1C)Oc1c(OC)c(OC)c(CN3CC=CC3)c3c1C(C2)N(C)CC3. The molecule has 2 atom stereocenters. The average molecular weight is 704 g/mol. The molecule has 9 nitrogen and oxygen atoms in total. The Hall–Kier alpha value is -4.70. The van der Waals surface area contributed by atoms with E-state index in [-0.39, 0.29) is 12.1 Å². The van der Waals surface area contributed by atoms with Gasteiger partial charge in [0.2, 0.25) is 5.75 Å². The molecule has 6 bridgehead atoms. The first kappa shape index (κ1) is 34.4. The van der Waals surface area contributed by atoms with Crippen LogP contribution in [0.25, 0.3) is 0 Å². The first-order valence-corrected chi connectivity index (χ1v) is 18.3. The zero-order chi connectivity index (χ0) is 35.9. The molecular formula is C43H49N3O6. The molecular weight excluding hydrogens is 654 g/mol. The van der Waals surface area contributed by atoms with Crippen LogP contribution < -0.4 is 28.4 Å². The van der Waals surface area contributed by atoms with Gasteiger partial charge in [0.25, 0.3) is 0 Å². The number of hydrogen-bond donors (Lipinski definition) is 0. The van der Waals surface area contributed by atoms with Gasteiger partial charge in [0.15, 0.2) is 34.5 Å². The van der Waals surface area contributed by atoms with Gasteiger partial charge in [-0.05, 0) is 104 Å². The van der Waals surface area contributed by atoms with Gasteiger partial charge < -0.3 is 28.4 Å². The summed E-state index contributed by atoms with van der Waals surface area (Å²) in [6, 6.07) is 19.2. The molecule has 52 heavy (non-hydrogen) atoms. The van der Waals surface area contributed by atoms with Crippen molar-refractivity contribution in [3.63, 3.8) is 0 Å². The normalized spacial score (nSPS) is 20.0. The van der Waals surface area contributed by atoms with E-state index in [1.165, 1.54) is 22.3 Å². The zero-order valence-corrected chi connectivity index (χ0v) is 31.2. The second kappa shape index (κ2) is 14.4. The van der Waals surface area contributed by atoms with E-state index in [4.69, 9.17) is 28.4 Å². The lowest BCUT2D eigenvalue weighted by molar-refractivity contribution is 0.217. The van der Waals surface area contributed by atoms with Crippen LogP contribution in [0.5, 0.6) is 46.0 Å². The molecule has 0 fully saturated rings. The Morgan fingerprint density at radius 1 is 0.673 bits per heavy atom. The molecule has 9 rings (SSSR count). The third-order valence-corrected chi connectivity index (χ3v) is 11.4. The first-order chi connectivity index (χ1) is 25.4. The first-order valence-electron chi connectivity index (χ1n) is 18.3. The highest BCUT2D eigenvalue weighted by molar-refractivity contribution is 5.67. The summed E-state index contributed by atoms with van der Waals surface area (Å²) in [5.74, 6) is 5.54. The Bertz CT molecular complexity index is 1980. The summed E-state index contributed by atoms with van der Waals surface area (Å²) in [5, 5.41) is 0. The van der Waals surface area contributed by atoms with E-state index in [1.807, 2.05) is 6.07 Å². The standard InChI is InChI=1S/C43H49N3O6/c1-44-19-15-29-24-37(48-4)39-25-32(29)34(44)21-27-9-12-30(13-10-27)51-38-23-28(11-14-36(38)47-3)22-35-40-31(16-20-45(35)2)33(26-46-17-7-8-18-46)41(49-5)43(50-6)42(40)52-39/h7-14,23-25,34-35H,15-22,26H2,1-6H3. The van der Waals surface area contributed by atoms with Crippen molar-refractivity contribution in [1.29, 1.82) is 0 Å². The van der Waals surface area contributed by atoms with Crippen LogP contribution in [0.2, 0.25) is 0 Å². The molecule has 0 amide bonds. The van der Waals surface area contributed by atoms with Gasteiger partial charge in [-0.1, -0.05) is 30.4 Å². The fourth-order valence-electron chi connectivity index (χ4n) is 8.55. The Balaban J connectivity index is 1.37. The van der Waals surface area contributed by atoms with Crippen LogP contribution in [0.15, 0.2) is 66.7 Å². The number of fused-ring (bicyclic) bond motifs is 2. The van der Waals surface area contributed by atoms with Crippen LogP contribution in [0.1, 0.15) is 51.0 Å². The second-order valence-electron chi connectivity index (χ2n) is 14.4. The molecule has 5 aliphatic rings. The fraction of sp³-hybridized carbons (Fsp3) is 0.395. The zero-order valence-electron chi connectivity index (χ0n) is 31.2. The van der Waals surface area contributed by atoms with Crippen molar-refractivity contribution in [3.05, 3.63) is 106 Å². The number of nitrogens with zero attached hydrogens (tertiary/aromatic N) is 3. The van der Waals surface area contributed by atoms with Crippen LogP contribution in [0.3, 0.4) is 0 Å². The monoisotopic (exact) mass is 703 g/mol. The number of rotatable bonds is 6. The van der Waals surface area contributed by atoms with Gasteiger partial charge in [-0.2, -0.15) is 0 Å². The highest BCUT2D eigenvalue weighted by atomic mass is 16.5. The maximum Gasteiger partial charge on any atom is 0.204 e. The lowest BCUT2D eigenvalue weighted by Crippen LogP contribution is -2.35. The Morgan fingerprint density at radius 3 is 2.08 bits per heavy atom. The van der Waals surface area contributed by atoms with Crippen LogP contribution in [0.4, 0.5) is 0 Å². The van der Waals surface area contributed by atoms with E-state index >= 15 is 0 Å². The van der Waals surface area contributed by atoms with Crippen LogP contribution in [-0.4, -0.2) is 83.4 Å². The molecule has 5 heterocycles. The van der Waals surface area contributed by atoms with E-state index in [0.29, 0.717) is 40.9 Å². The van der Waals surface area contributed by atoms with Crippen molar-refractivity contribution in [2.24, 2.45) is 0 Å². The lowest BCUT2D eigenvalue weighted by atomic mass is 9.84. The van der Waals surface area contributed by atoms with Gasteiger partial charge >= 0.3 is 0 Å². The van der Waals surface area contributed by atoms with E-state index in [9.17, 15) is 0 Å². The summed E-state index contributed by atoms with van der Waals surface area (Å²) in [6.45, 7) is 4.40. The molecule has 0 saturated heterocycles. The molecule has 0 spiro atoms. The number of hydrogen-bond acceptors (Lipinski definition) is 9. The smallest absolute Gasteiger partial charge is 0.204 e. The molecule has 4 aromatic carbocycles. The molecule has 4 aromatic rings. The van der Waals surface area contributed by atoms with Crippen molar-refractivity contribution in [3.8, 4) is 46.0 Å². The third kappa shape index (κ3) is 6.25. The number of benzene rings is 4. The van der Waals surface area contributed by atoms with Crippen molar-refractivity contribution < 1.29 is 28.4 Å². The number of methoxy groups -OCH3 is 4. The summed E-state index contributed by atoms with van der Waals surface area (Å²) >= 11 is 0. The van der Waals surface area contributed by atoms with Crippen LogP contribution in [0, 0.1) is 0 Å². The van der Waals surface area contributed by atoms with Gasteiger partial charge in [-0.25, -0.2) is 0 Å². The minimum absolute atomic E-state index is 0.0316. The quantitative estimate of drug-likeness (QED) is 0.190. The summed E-state index contributed by atoms with van der Waals surface area (Å²) in [5.41, 5.74) is 8.43. The van der Waals surface area contributed by atoms with E-state index in [0.717, 1.165) is 80.2 Å². The minimum Gasteiger partial charge on any atom is -0.493 e. The van der Waals surface area contributed by atoms with Crippen molar-refractivity contribution in [2.75, 3.05) is 68.7 Å². The molecule has 0 aliphatic carbocycles. The summed E-state index contributed by atoms with van der Waals surface area (Å²) in [7, 11) is 11.3. The van der Waals surface area contributed by atoms with Gasteiger partial charge in [-0.15, -0.1) is 0 Å². The fourth-order valence-corrected chi connectivity index (χ4v) is 8.55. The summed E-state index contributed by atoms with van der Waals surface area (Å²) in [4.78, 5) is 7.30.